The van der Waals surface area contributed by atoms with Crippen molar-refractivity contribution in [2.45, 2.75) is 42.5 Å². The number of hydrogen-bond donors (Lipinski definition) is 2. The monoisotopic (exact) mass is 350 g/mol. The topological polar surface area (TPSA) is 104 Å². The number of amides is 2. The molecule has 0 saturated carbocycles. The van der Waals surface area contributed by atoms with E-state index in [1.165, 1.54) is 0 Å². The number of carboxylic acids is 1. The Morgan fingerprint density at radius 1 is 1.29 bits per heavy atom. The molecule has 24 heavy (non-hydrogen) atoms. The van der Waals surface area contributed by atoms with E-state index in [1.807, 2.05) is 18.2 Å². The highest BCUT2D eigenvalue weighted by molar-refractivity contribution is 7.87. The average molecular weight is 350 g/mol. The minimum absolute atomic E-state index is 0.107. The van der Waals surface area contributed by atoms with E-state index >= 15 is 0 Å². The number of rotatable bonds is 4. The maximum Gasteiger partial charge on any atom is 0.328 e. The largest absolute Gasteiger partial charge is 0.480 e. The van der Waals surface area contributed by atoms with Gasteiger partial charge in [0.25, 0.3) is 0 Å². The Morgan fingerprint density at radius 3 is 2.50 bits per heavy atom. The van der Waals surface area contributed by atoms with E-state index in [1.54, 1.807) is 26.0 Å². The first-order valence-corrected chi connectivity index (χ1v) is 8.75. The predicted molar refractivity (Wildman–Crippen MR) is 86.4 cm³/mol. The van der Waals surface area contributed by atoms with E-state index in [2.05, 4.69) is 5.32 Å². The Kier molecular flexibility index (Phi) is 3.95. The van der Waals surface area contributed by atoms with Gasteiger partial charge in [0.1, 0.15) is 17.5 Å². The average Bonchev–Trinajstić information content (AvgIpc) is 2.71. The van der Waals surface area contributed by atoms with E-state index in [0.717, 1.165) is 10.5 Å². The summed E-state index contributed by atoms with van der Waals surface area (Å²) in [6.07, 6.45) is 0.107. The molecule has 2 heterocycles. The van der Waals surface area contributed by atoms with Crippen molar-refractivity contribution in [3.63, 3.8) is 0 Å². The Morgan fingerprint density at radius 2 is 1.92 bits per heavy atom. The molecule has 0 radical (unpaired) electrons. The molecule has 0 unspecified atom stereocenters. The van der Waals surface area contributed by atoms with Gasteiger partial charge in [0, 0.05) is 0 Å². The molecule has 0 aliphatic carbocycles. The fourth-order valence-corrected chi connectivity index (χ4v) is 5.22. The molecule has 0 bridgehead atoms. The van der Waals surface area contributed by atoms with Crippen LogP contribution in [0.2, 0.25) is 0 Å². The zero-order valence-electron chi connectivity index (χ0n) is 13.3. The minimum atomic E-state index is -1.58. The number of carbonyl (C=O) groups is 3. The molecule has 2 aliphatic heterocycles. The molecule has 4 atom stereocenters. The number of carbonyl (C=O) groups excluding carboxylic acids is 2. The summed E-state index contributed by atoms with van der Waals surface area (Å²) in [5.74, 6) is -2.03. The molecule has 3 rings (SSSR count). The zero-order chi connectivity index (χ0) is 17.6. The second kappa shape index (κ2) is 5.70. The molecular weight excluding hydrogens is 332 g/mol. The number of benzene rings is 1. The van der Waals surface area contributed by atoms with Gasteiger partial charge in [-0.1, -0.05) is 30.3 Å². The number of fused-ring (bicyclic) bond motifs is 1. The molecule has 7 nitrogen and oxygen atoms in total. The van der Waals surface area contributed by atoms with Crippen LogP contribution in [0, 0.1) is 0 Å². The minimum Gasteiger partial charge on any atom is -0.480 e. The van der Waals surface area contributed by atoms with Crippen LogP contribution < -0.4 is 5.32 Å². The summed E-state index contributed by atoms with van der Waals surface area (Å²) in [6, 6.07) is 6.99. The highest BCUT2D eigenvalue weighted by Crippen LogP contribution is 2.43. The molecule has 2 N–H and O–H groups in total. The van der Waals surface area contributed by atoms with E-state index < -0.39 is 44.9 Å². The lowest BCUT2D eigenvalue weighted by Gasteiger charge is -2.43. The first-order chi connectivity index (χ1) is 11.2. The third-order valence-electron chi connectivity index (χ3n) is 4.51. The van der Waals surface area contributed by atoms with Crippen LogP contribution in [-0.2, 0) is 31.6 Å². The lowest BCUT2D eigenvalue weighted by Crippen LogP contribution is -2.71. The summed E-state index contributed by atoms with van der Waals surface area (Å²) in [4.78, 5) is 37.0. The fourth-order valence-electron chi connectivity index (χ4n) is 3.30. The zero-order valence-corrected chi connectivity index (χ0v) is 14.1. The molecule has 8 heteroatoms. The molecule has 2 aliphatic rings. The predicted octanol–water partition coefficient (Wildman–Crippen LogP) is -0.124. The van der Waals surface area contributed by atoms with Crippen LogP contribution in [0.25, 0.3) is 0 Å². The summed E-state index contributed by atoms with van der Waals surface area (Å²) >= 11 is 0. The van der Waals surface area contributed by atoms with Crippen LogP contribution in [0.4, 0.5) is 0 Å². The Balaban J connectivity index is 1.74. The van der Waals surface area contributed by atoms with Crippen molar-refractivity contribution >= 4 is 28.6 Å². The second-order valence-electron chi connectivity index (χ2n) is 6.49. The van der Waals surface area contributed by atoms with Crippen LogP contribution in [0.1, 0.15) is 19.4 Å². The first-order valence-electron chi connectivity index (χ1n) is 7.54. The molecule has 128 valence electrons. The van der Waals surface area contributed by atoms with Gasteiger partial charge in [0.05, 0.1) is 22.0 Å². The molecule has 2 saturated heterocycles. The van der Waals surface area contributed by atoms with Crippen molar-refractivity contribution < 1.29 is 23.7 Å². The number of aliphatic carboxylic acids is 1. The number of carboxylic acid groups (broad SMARTS) is 1. The van der Waals surface area contributed by atoms with Crippen LogP contribution in [0.5, 0.6) is 0 Å². The van der Waals surface area contributed by atoms with Gasteiger partial charge in [-0.25, -0.2) is 4.79 Å². The maximum absolute atomic E-state index is 12.6. The number of hydrogen-bond acceptors (Lipinski definition) is 4. The Labute approximate surface area is 141 Å². The van der Waals surface area contributed by atoms with Crippen molar-refractivity contribution in [1.29, 1.82) is 0 Å². The summed E-state index contributed by atoms with van der Waals surface area (Å²) in [6.45, 7) is 3.13. The van der Waals surface area contributed by atoms with E-state index in [4.69, 9.17) is 0 Å². The van der Waals surface area contributed by atoms with Gasteiger partial charge >= 0.3 is 5.97 Å². The Hall–Kier alpha value is -2.22. The standard InChI is InChI=1S/C16H18N2O5S/c1-16(2)12(15(21)22)18-13(20)11(14(18)24(16)23)17-10(19)8-9-6-4-3-5-7-9/h3-7,11-12,14H,8H2,1-2H3,(H,17,19)(H,21,22)/t11-,12-,14-,24+/m0/s1. The van der Waals surface area contributed by atoms with Gasteiger partial charge in [-0.15, -0.1) is 0 Å². The third kappa shape index (κ3) is 2.41. The fraction of sp³-hybridized carbons (Fsp3) is 0.438. The second-order valence-corrected chi connectivity index (χ2v) is 8.62. The maximum atomic E-state index is 12.6. The van der Waals surface area contributed by atoms with Gasteiger partial charge < -0.3 is 15.3 Å². The summed E-state index contributed by atoms with van der Waals surface area (Å²) in [5.41, 5.74) is 0.801. The van der Waals surface area contributed by atoms with Gasteiger partial charge in [-0.05, 0) is 19.4 Å². The normalized spacial score (nSPS) is 30.4. The number of nitrogens with zero attached hydrogens (tertiary/aromatic N) is 1. The van der Waals surface area contributed by atoms with Crippen LogP contribution in [-0.4, -0.2) is 54.2 Å². The molecule has 2 amide bonds. The summed E-state index contributed by atoms with van der Waals surface area (Å²) < 4.78 is 11.5. The van der Waals surface area contributed by atoms with Crippen molar-refractivity contribution in [1.82, 2.24) is 10.2 Å². The third-order valence-corrected chi connectivity index (χ3v) is 6.71. The van der Waals surface area contributed by atoms with Crippen LogP contribution in [0.15, 0.2) is 30.3 Å². The first kappa shape index (κ1) is 16.6. The van der Waals surface area contributed by atoms with E-state index in [-0.39, 0.29) is 12.3 Å². The van der Waals surface area contributed by atoms with E-state index in [0.29, 0.717) is 0 Å². The number of nitrogens with one attached hydrogen (secondary N) is 1. The van der Waals surface area contributed by atoms with Crippen molar-refractivity contribution in [3.05, 3.63) is 35.9 Å². The van der Waals surface area contributed by atoms with Gasteiger partial charge in [0.2, 0.25) is 11.8 Å². The smallest absolute Gasteiger partial charge is 0.328 e. The summed E-state index contributed by atoms with van der Waals surface area (Å²) in [7, 11) is -1.58. The van der Waals surface area contributed by atoms with E-state index in [9.17, 15) is 23.7 Å². The van der Waals surface area contributed by atoms with Crippen molar-refractivity contribution in [2.24, 2.45) is 0 Å². The summed E-state index contributed by atoms with van der Waals surface area (Å²) in [5, 5.41) is 11.2. The van der Waals surface area contributed by atoms with Gasteiger partial charge in [-0.2, -0.15) is 0 Å². The lowest BCUT2D eigenvalue weighted by atomic mass is 9.96. The molecular formula is C16H18N2O5S. The molecule has 1 aromatic carbocycles. The van der Waals surface area contributed by atoms with Crippen LogP contribution in [0.3, 0.4) is 0 Å². The highest BCUT2D eigenvalue weighted by atomic mass is 32.2. The van der Waals surface area contributed by atoms with Gasteiger partial charge in [0.15, 0.2) is 0 Å². The molecule has 2 fully saturated rings. The number of β-lactam (4-membered cyclic amide) rings is 1. The van der Waals surface area contributed by atoms with Gasteiger partial charge in [-0.3, -0.25) is 13.8 Å². The molecule has 1 aromatic rings. The molecule has 0 aromatic heterocycles. The van der Waals surface area contributed by atoms with Crippen molar-refractivity contribution in [3.8, 4) is 0 Å². The quantitative estimate of drug-likeness (QED) is 0.737. The highest BCUT2D eigenvalue weighted by Gasteiger charge is 2.68. The Bertz CT molecular complexity index is 733. The molecule has 0 spiro atoms. The van der Waals surface area contributed by atoms with Crippen molar-refractivity contribution in [2.75, 3.05) is 0 Å². The van der Waals surface area contributed by atoms with Crippen LogP contribution >= 0.6 is 0 Å². The lowest BCUT2D eigenvalue weighted by molar-refractivity contribution is -0.161. The SMILES string of the molecule is CC1(C)[C@H](C(=O)O)N2C(=O)[C@H](NC(=O)Cc3ccccc3)[C@@H]2[S@]1=O.